The Hall–Kier alpha value is -1.50. The minimum Gasteiger partial charge on any atom is -0.496 e. The molecule has 0 fully saturated rings. The molecule has 0 radical (unpaired) electrons. The maximum absolute atomic E-state index is 5.81. The van der Waals surface area contributed by atoms with Gasteiger partial charge in [0.15, 0.2) is 0 Å². The van der Waals surface area contributed by atoms with E-state index in [9.17, 15) is 0 Å². The minimum absolute atomic E-state index is 0.0962. The highest BCUT2D eigenvalue weighted by atomic mass is 16.5. The smallest absolute Gasteiger partial charge is 0.126 e. The zero-order chi connectivity index (χ0) is 15.6. The largest absolute Gasteiger partial charge is 0.496 e. The highest BCUT2D eigenvalue weighted by molar-refractivity contribution is 5.49. The lowest BCUT2D eigenvalue weighted by atomic mass is 9.81. The van der Waals surface area contributed by atoms with Crippen LogP contribution in [0.5, 0.6) is 5.75 Å². The van der Waals surface area contributed by atoms with Crippen molar-refractivity contribution in [1.82, 2.24) is 0 Å². The number of hydrogen-bond acceptors (Lipinski definition) is 1. The fourth-order valence-corrected chi connectivity index (χ4v) is 3.12. The van der Waals surface area contributed by atoms with Gasteiger partial charge in [-0.15, -0.1) is 0 Å². The van der Waals surface area contributed by atoms with E-state index in [4.69, 9.17) is 4.74 Å². The van der Waals surface area contributed by atoms with Crippen LogP contribution in [0.4, 0.5) is 0 Å². The lowest BCUT2D eigenvalue weighted by Crippen LogP contribution is -2.15. The number of methoxy groups -OCH3 is 1. The molecule has 0 saturated heterocycles. The summed E-state index contributed by atoms with van der Waals surface area (Å²) in [4.78, 5) is 0. The Labute approximate surface area is 129 Å². The normalized spacial score (nSPS) is 16.5. The van der Waals surface area contributed by atoms with E-state index >= 15 is 0 Å². The van der Waals surface area contributed by atoms with E-state index < -0.39 is 0 Å². The maximum Gasteiger partial charge on any atom is 0.126 e. The minimum atomic E-state index is 0.0962. The number of ether oxygens (including phenoxy) is 1. The van der Waals surface area contributed by atoms with E-state index in [0.717, 1.165) is 12.2 Å². The highest BCUT2D eigenvalue weighted by Crippen LogP contribution is 2.40. The molecule has 0 amide bonds. The Morgan fingerprint density at radius 3 is 2.29 bits per heavy atom. The molecule has 114 valence electrons. The van der Waals surface area contributed by atoms with Crippen molar-refractivity contribution >= 4 is 0 Å². The summed E-state index contributed by atoms with van der Waals surface area (Å²) in [5.74, 6) is 2.12. The number of rotatable bonds is 4. The van der Waals surface area contributed by atoms with Gasteiger partial charge >= 0.3 is 0 Å². The molecule has 1 aliphatic rings. The SMILES string of the molecule is COc1c(C(C)CC2C=CC=C2)cc(C)cc1C(C)(C)C. The molecule has 0 aromatic heterocycles. The van der Waals surface area contributed by atoms with Crippen molar-refractivity contribution in [2.45, 2.75) is 52.4 Å². The van der Waals surface area contributed by atoms with Crippen molar-refractivity contribution in [1.29, 1.82) is 0 Å². The Kier molecular flexibility index (Phi) is 4.61. The molecular weight excluding hydrogens is 256 g/mol. The lowest BCUT2D eigenvalue weighted by molar-refractivity contribution is 0.387. The molecule has 1 aromatic carbocycles. The first-order valence-corrected chi connectivity index (χ1v) is 7.87. The first-order chi connectivity index (χ1) is 9.82. The van der Waals surface area contributed by atoms with Crippen LogP contribution >= 0.6 is 0 Å². The summed E-state index contributed by atoms with van der Waals surface area (Å²) >= 11 is 0. The molecule has 1 atom stereocenters. The molecule has 1 unspecified atom stereocenters. The van der Waals surface area contributed by atoms with E-state index in [1.807, 2.05) is 0 Å². The van der Waals surface area contributed by atoms with Crippen LogP contribution in [0.1, 0.15) is 56.7 Å². The zero-order valence-electron chi connectivity index (χ0n) is 14.2. The standard InChI is InChI=1S/C20H28O/c1-14-11-17(15(2)13-16-9-7-8-10-16)19(21-6)18(12-14)20(3,4)5/h7-12,15-16H,13H2,1-6H3. The van der Waals surface area contributed by atoms with Crippen molar-refractivity contribution in [2.75, 3.05) is 7.11 Å². The fraction of sp³-hybridized carbons (Fsp3) is 0.500. The summed E-state index contributed by atoms with van der Waals surface area (Å²) in [6, 6.07) is 4.56. The molecule has 21 heavy (non-hydrogen) atoms. The van der Waals surface area contributed by atoms with Crippen molar-refractivity contribution < 1.29 is 4.74 Å². The Morgan fingerprint density at radius 2 is 1.76 bits per heavy atom. The molecular formula is C20H28O. The highest BCUT2D eigenvalue weighted by Gasteiger charge is 2.24. The molecule has 0 aliphatic heterocycles. The first-order valence-electron chi connectivity index (χ1n) is 7.87. The van der Waals surface area contributed by atoms with E-state index in [-0.39, 0.29) is 5.41 Å². The van der Waals surface area contributed by atoms with Crippen molar-refractivity contribution in [2.24, 2.45) is 5.92 Å². The molecule has 0 bridgehead atoms. The van der Waals surface area contributed by atoms with Crippen LogP contribution in [0.3, 0.4) is 0 Å². The Bertz CT molecular complexity index is 546. The lowest BCUT2D eigenvalue weighted by Gasteiger charge is -2.27. The fourth-order valence-electron chi connectivity index (χ4n) is 3.12. The third kappa shape index (κ3) is 3.58. The van der Waals surface area contributed by atoms with Crippen LogP contribution in [-0.4, -0.2) is 7.11 Å². The molecule has 1 aliphatic carbocycles. The third-order valence-corrected chi connectivity index (χ3v) is 4.26. The average Bonchev–Trinajstić information content (AvgIpc) is 2.89. The van der Waals surface area contributed by atoms with Crippen molar-refractivity contribution in [3.63, 3.8) is 0 Å². The van der Waals surface area contributed by atoms with Gasteiger partial charge in [0.2, 0.25) is 0 Å². The molecule has 1 heteroatoms. The predicted molar refractivity (Wildman–Crippen MR) is 91.2 cm³/mol. The summed E-state index contributed by atoms with van der Waals surface area (Å²) in [6.07, 6.45) is 9.99. The van der Waals surface area contributed by atoms with Crippen LogP contribution in [-0.2, 0) is 5.41 Å². The van der Waals surface area contributed by atoms with Gasteiger partial charge < -0.3 is 4.74 Å². The molecule has 0 heterocycles. The summed E-state index contributed by atoms with van der Waals surface area (Å²) in [7, 11) is 1.80. The maximum atomic E-state index is 5.81. The van der Waals surface area contributed by atoms with Gasteiger partial charge in [0, 0.05) is 5.56 Å². The van der Waals surface area contributed by atoms with Gasteiger partial charge in [-0.1, -0.05) is 69.7 Å². The Balaban J connectivity index is 2.39. The summed E-state index contributed by atoms with van der Waals surface area (Å²) < 4.78 is 5.81. The molecule has 1 aromatic rings. The topological polar surface area (TPSA) is 9.23 Å². The van der Waals surface area contributed by atoms with Gasteiger partial charge in [-0.05, 0) is 36.2 Å². The summed E-state index contributed by atoms with van der Waals surface area (Å²) in [5, 5.41) is 0. The molecule has 0 saturated carbocycles. The van der Waals surface area contributed by atoms with Gasteiger partial charge in [-0.25, -0.2) is 0 Å². The summed E-state index contributed by atoms with van der Waals surface area (Å²) in [6.45, 7) is 11.2. The van der Waals surface area contributed by atoms with Crippen LogP contribution in [0.25, 0.3) is 0 Å². The van der Waals surface area contributed by atoms with Gasteiger partial charge in [-0.3, -0.25) is 0 Å². The predicted octanol–water partition coefficient (Wildman–Crippen LogP) is 5.54. The van der Waals surface area contributed by atoms with E-state index in [1.54, 1.807) is 7.11 Å². The van der Waals surface area contributed by atoms with Crippen LogP contribution in [0.15, 0.2) is 36.4 Å². The summed E-state index contributed by atoms with van der Waals surface area (Å²) in [5.41, 5.74) is 4.07. The van der Waals surface area contributed by atoms with Crippen molar-refractivity contribution in [3.05, 3.63) is 53.1 Å². The van der Waals surface area contributed by atoms with Crippen LogP contribution in [0, 0.1) is 12.8 Å². The molecule has 0 spiro atoms. The third-order valence-electron chi connectivity index (χ3n) is 4.26. The number of hydrogen-bond donors (Lipinski definition) is 0. The van der Waals surface area contributed by atoms with E-state index in [2.05, 4.69) is 71.1 Å². The van der Waals surface area contributed by atoms with E-state index in [0.29, 0.717) is 11.8 Å². The molecule has 0 N–H and O–H groups in total. The van der Waals surface area contributed by atoms with Gasteiger partial charge in [0.1, 0.15) is 5.75 Å². The van der Waals surface area contributed by atoms with Gasteiger partial charge in [0.25, 0.3) is 0 Å². The number of allylic oxidation sites excluding steroid dienone is 4. The first kappa shape index (κ1) is 15.9. The molecule has 2 rings (SSSR count). The quantitative estimate of drug-likeness (QED) is 0.705. The number of aryl methyl sites for hydroxylation is 1. The second-order valence-electron chi connectivity index (χ2n) is 7.26. The van der Waals surface area contributed by atoms with Gasteiger partial charge in [0.05, 0.1) is 7.11 Å². The average molecular weight is 284 g/mol. The van der Waals surface area contributed by atoms with Crippen molar-refractivity contribution in [3.8, 4) is 5.75 Å². The second kappa shape index (κ2) is 6.09. The van der Waals surface area contributed by atoms with Crippen LogP contribution < -0.4 is 4.74 Å². The van der Waals surface area contributed by atoms with Crippen LogP contribution in [0.2, 0.25) is 0 Å². The molecule has 1 nitrogen and oxygen atoms in total. The van der Waals surface area contributed by atoms with Gasteiger partial charge in [-0.2, -0.15) is 0 Å². The Morgan fingerprint density at radius 1 is 1.14 bits per heavy atom. The zero-order valence-corrected chi connectivity index (χ0v) is 14.2. The number of benzene rings is 1. The second-order valence-corrected chi connectivity index (χ2v) is 7.26. The van der Waals surface area contributed by atoms with E-state index in [1.165, 1.54) is 16.7 Å². The monoisotopic (exact) mass is 284 g/mol.